The monoisotopic (exact) mass is 488 g/mol. The van der Waals surface area contributed by atoms with Crippen molar-refractivity contribution in [1.29, 1.82) is 5.26 Å². The van der Waals surface area contributed by atoms with Gasteiger partial charge < -0.3 is 15.0 Å². The van der Waals surface area contributed by atoms with Crippen LogP contribution in [0, 0.1) is 28.6 Å². The largest absolute Gasteiger partial charge is 0.460 e. The van der Waals surface area contributed by atoms with Gasteiger partial charge in [-0.1, -0.05) is 12.8 Å². The minimum Gasteiger partial charge on any atom is -0.460 e. The molecule has 2 fully saturated rings. The quantitative estimate of drug-likeness (QED) is 0.460. The van der Waals surface area contributed by atoms with Crippen molar-refractivity contribution in [2.24, 2.45) is 17.3 Å². The van der Waals surface area contributed by atoms with Gasteiger partial charge in [0.1, 0.15) is 12.4 Å². The predicted molar refractivity (Wildman–Crippen MR) is 144 cm³/mol. The van der Waals surface area contributed by atoms with E-state index in [2.05, 4.69) is 33.4 Å². The van der Waals surface area contributed by atoms with E-state index < -0.39 is 5.41 Å². The summed E-state index contributed by atoms with van der Waals surface area (Å²) < 4.78 is 5.50. The maximum atomic E-state index is 12.1. The molecule has 2 heterocycles. The molecular weight excluding hydrogens is 448 g/mol. The first kappa shape index (κ1) is 26.0. The highest BCUT2D eigenvalue weighted by molar-refractivity contribution is 5.75. The van der Waals surface area contributed by atoms with Crippen molar-refractivity contribution in [3.05, 3.63) is 53.7 Å². The molecule has 0 spiro atoms. The van der Waals surface area contributed by atoms with E-state index in [-0.39, 0.29) is 12.6 Å². The summed E-state index contributed by atoms with van der Waals surface area (Å²) in [7, 11) is 0. The zero-order valence-electron chi connectivity index (χ0n) is 22.0. The van der Waals surface area contributed by atoms with Gasteiger partial charge in [-0.3, -0.25) is 4.79 Å². The summed E-state index contributed by atoms with van der Waals surface area (Å²) in [6.07, 6.45) is 10.5. The third-order valence-electron chi connectivity index (χ3n) is 7.57. The van der Waals surface area contributed by atoms with Crippen molar-refractivity contribution >= 4 is 17.5 Å². The van der Waals surface area contributed by atoms with Crippen LogP contribution >= 0.6 is 0 Å². The topological polar surface area (TPSA) is 78.2 Å². The second-order valence-electron chi connectivity index (χ2n) is 11.5. The Kier molecular flexibility index (Phi) is 8.51. The fourth-order valence-electron chi connectivity index (χ4n) is 5.55. The van der Waals surface area contributed by atoms with E-state index in [9.17, 15) is 4.79 Å². The first-order valence-corrected chi connectivity index (χ1v) is 13.5. The van der Waals surface area contributed by atoms with Gasteiger partial charge in [-0.15, -0.1) is 0 Å². The Morgan fingerprint density at radius 2 is 1.92 bits per heavy atom. The van der Waals surface area contributed by atoms with Gasteiger partial charge in [0.2, 0.25) is 0 Å². The van der Waals surface area contributed by atoms with Crippen molar-refractivity contribution in [3.63, 3.8) is 0 Å². The summed E-state index contributed by atoms with van der Waals surface area (Å²) in [5, 5.41) is 12.8. The number of aromatic nitrogens is 1. The van der Waals surface area contributed by atoms with Crippen LogP contribution in [0.5, 0.6) is 0 Å². The summed E-state index contributed by atoms with van der Waals surface area (Å²) in [5.74, 6) is 1.99. The molecule has 0 amide bonds. The summed E-state index contributed by atoms with van der Waals surface area (Å²) >= 11 is 0. The van der Waals surface area contributed by atoms with Crippen LogP contribution in [-0.4, -0.2) is 30.1 Å². The normalized spacial score (nSPS) is 22.5. The van der Waals surface area contributed by atoms with Crippen molar-refractivity contribution in [1.82, 2.24) is 4.98 Å². The number of anilines is 2. The number of benzene rings is 1. The highest BCUT2D eigenvalue weighted by Gasteiger charge is 2.30. The lowest BCUT2D eigenvalue weighted by Crippen LogP contribution is -2.39. The van der Waals surface area contributed by atoms with Gasteiger partial charge in [0.25, 0.3) is 0 Å². The van der Waals surface area contributed by atoms with E-state index in [1.807, 2.05) is 45.0 Å². The lowest BCUT2D eigenvalue weighted by atomic mass is 9.77. The molecule has 192 valence electrons. The lowest BCUT2D eigenvalue weighted by molar-refractivity contribution is -0.154. The van der Waals surface area contributed by atoms with E-state index in [1.54, 1.807) is 6.20 Å². The molecule has 3 atom stereocenters. The van der Waals surface area contributed by atoms with Gasteiger partial charge in [0.05, 0.1) is 17.0 Å². The predicted octanol–water partition coefficient (Wildman–Crippen LogP) is 6.32. The molecule has 1 aromatic heterocycles. The Morgan fingerprint density at radius 1 is 1.14 bits per heavy atom. The highest BCUT2D eigenvalue weighted by atomic mass is 16.5. The van der Waals surface area contributed by atoms with Crippen LogP contribution in [-0.2, 0) is 16.1 Å². The minimum absolute atomic E-state index is 0.191. The molecule has 36 heavy (non-hydrogen) atoms. The number of nitrogens with one attached hydrogen (secondary N) is 1. The summed E-state index contributed by atoms with van der Waals surface area (Å²) in [4.78, 5) is 19.2. The molecule has 1 aromatic carbocycles. The molecule has 1 aliphatic heterocycles. The van der Waals surface area contributed by atoms with E-state index in [4.69, 9.17) is 10.00 Å². The number of nitrogens with zero attached hydrogens (tertiary/aromatic N) is 3. The van der Waals surface area contributed by atoms with E-state index in [0.717, 1.165) is 24.5 Å². The lowest BCUT2D eigenvalue weighted by Gasteiger charge is -2.39. The summed E-state index contributed by atoms with van der Waals surface area (Å²) in [6.45, 7) is 8.05. The molecule has 0 bridgehead atoms. The van der Waals surface area contributed by atoms with E-state index in [0.29, 0.717) is 23.4 Å². The molecule has 1 saturated carbocycles. The Labute approximate surface area is 216 Å². The van der Waals surface area contributed by atoms with Crippen molar-refractivity contribution in [3.8, 4) is 6.07 Å². The molecule has 1 aliphatic carbocycles. The Morgan fingerprint density at radius 3 is 2.67 bits per heavy atom. The molecule has 6 heteroatoms. The first-order valence-electron chi connectivity index (χ1n) is 13.5. The number of ether oxygens (including phenoxy) is 1. The molecule has 2 aromatic rings. The fraction of sp³-hybridized carbons (Fsp3) is 0.567. The number of esters is 1. The van der Waals surface area contributed by atoms with Crippen molar-refractivity contribution in [2.75, 3.05) is 23.3 Å². The molecular formula is C30H40N4O2. The summed E-state index contributed by atoms with van der Waals surface area (Å²) in [5.41, 5.74) is 2.40. The standard InChI is InChI=1S/C30H40N4O2/c1-30(2,3)29(35)36-21-24-14-15-32-28(18-24)33-27-9-5-4-8-25(27)17-23-7-6-16-34(20-23)26-12-10-22(19-31)11-13-26/h10-15,18,23,25,27H,4-9,16-17,20-21H2,1-3H3,(H,32,33)/t23?,25-,27+/m0/s1. The molecule has 2 aliphatic rings. The number of piperidine rings is 1. The number of carbonyl (C=O) groups excluding carboxylic acids is 1. The molecule has 6 nitrogen and oxygen atoms in total. The first-order chi connectivity index (χ1) is 17.3. The summed E-state index contributed by atoms with van der Waals surface area (Å²) in [6, 6.07) is 14.6. The Balaban J connectivity index is 1.35. The minimum atomic E-state index is -0.502. The third kappa shape index (κ3) is 7.00. The van der Waals surface area contributed by atoms with Crippen molar-refractivity contribution < 1.29 is 9.53 Å². The smallest absolute Gasteiger partial charge is 0.311 e. The number of hydrogen-bond acceptors (Lipinski definition) is 6. The molecule has 0 radical (unpaired) electrons. The van der Waals surface area contributed by atoms with Gasteiger partial charge in [-0.2, -0.15) is 5.26 Å². The number of hydrogen-bond donors (Lipinski definition) is 1. The second-order valence-corrected chi connectivity index (χ2v) is 11.5. The average molecular weight is 489 g/mol. The molecule has 1 N–H and O–H groups in total. The number of carbonyl (C=O) groups is 1. The van der Waals surface area contributed by atoms with Gasteiger partial charge in [-0.25, -0.2) is 4.98 Å². The van der Waals surface area contributed by atoms with Crippen LogP contribution in [0.15, 0.2) is 42.6 Å². The number of nitriles is 1. The van der Waals surface area contributed by atoms with E-state index in [1.165, 1.54) is 50.6 Å². The van der Waals surface area contributed by atoms with Crippen LogP contribution in [0.2, 0.25) is 0 Å². The fourth-order valence-corrected chi connectivity index (χ4v) is 5.55. The Bertz CT molecular complexity index is 1050. The molecule has 1 unspecified atom stereocenters. The third-order valence-corrected chi connectivity index (χ3v) is 7.57. The zero-order chi connectivity index (χ0) is 25.5. The van der Waals surface area contributed by atoms with Gasteiger partial charge >= 0.3 is 5.97 Å². The van der Waals surface area contributed by atoms with Crippen LogP contribution in [0.25, 0.3) is 0 Å². The SMILES string of the molecule is CC(C)(C)C(=O)OCc1ccnc(N[C@@H]2CCCC[C@H]2CC2CCCN(c3ccc(C#N)cc3)C2)c1. The maximum absolute atomic E-state index is 12.1. The maximum Gasteiger partial charge on any atom is 0.311 e. The van der Waals surface area contributed by atoms with Gasteiger partial charge in [0, 0.05) is 31.0 Å². The van der Waals surface area contributed by atoms with E-state index >= 15 is 0 Å². The number of rotatable bonds is 7. The van der Waals surface area contributed by atoms with Gasteiger partial charge in [-0.05, 0) is 107 Å². The average Bonchev–Trinajstić information content (AvgIpc) is 2.88. The number of pyridine rings is 1. The van der Waals surface area contributed by atoms with Crippen molar-refractivity contribution in [2.45, 2.75) is 78.4 Å². The molecule has 4 rings (SSSR count). The van der Waals surface area contributed by atoms with Crippen LogP contribution in [0.3, 0.4) is 0 Å². The highest BCUT2D eigenvalue weighted by Crippen LogP contribution is 2.35. The zero-order valence-corrected chi connectivity index (χ0v) is 22.0. The van der Waals surface area contributed by atoms with Gasteiger partial charge in [0.15, 0.2) is 0 Å². The van der Waals surface area contributed by atoms with Crippen LogP contribution < -0.4 is 10.2 Å². The Hall–Kier alpha value is -3.07. The molecule has 1 saturated heterocycles. The second kappa shape index (κ2) is 11.8. The van der Waals surface area contributed by atoms with Crippen LogP contribution in [0.1, 0.15) is 76.8 Å². The van der Waals surface area contributed by atoms with Crippen LogP contribution in [0.4, 0.5) is 11.5 Å².